The van der Waals surface area contributed by atoms with Crippen molar-refractivity contribution in [1.82, 2.24) is 0 Å². The second kappa shape index (κ2) is 8.27. The molecule has 168 valence electrons. The first-order chi connectivity index (χ1) is 14.3. The van der Waals surface area contributed by atoms with Crippen LogP contribution in [0.3, 0.4) is 0 Å². The molecule has 0 aromatic heterocycles. The van der Waals surface area contributed by atoms with Crippen molar-refractivity contribution in [2.45, 2.75) is 49.8 Å². The minimum absolute atomic E-state index is 0.0171. The summed E-state index contributed by atoms with van der Waals surface area (Å²) in [6.45, 7) is 2.39. The molecule has 0 aliphatic heterocycles. The molecule has 1 aliphatic rings. The van der Waals surface area contributed by atoms with Crippen LogP contribution in [0.25, 0.3) is 0 Å². The molecule has 3 rings (SSSR count). The zero-order valence-corrected chi connectivity index (χ0v) is 18.0. The van der Waals surface area contributed by atoms with Gasteiger partial charge in [-0.1, -0.05) is 18.2 Å². The van der Waals surface area contributed by atoms with Crippen LogP contribution in [0.2, 0.25) is 0 Å². The van der Waals surface area contributed by atoms with Gasteiger partial charge >= 0.3 is 6.18 Å². The lowest BCUT2D eigenvalue weighted by Gasteiger charge is -2.26. The molecule has 1 fully saturated rings. The fourth-order valence-corrected chi connectivity index (χ4v) is 4.95. The zero-order valence-electron chi connectivity index (χ0n) is 17.2. The van der Waals surface area contributed by atoms with Gasteiger partial charge in [-0.15, -0.1) is 0 Å². The van der Waals surface area contributed by atoms with Gasteiger partial charge in [0.1, 0.15) is 0 Å². The number of carbonyl (C=O) groups excluding carboxylic acids is 1. The molecule has 0 bridgehead atoms. The Hall–Kier alpha value is -2.39. The Kier molecular flexibility index (Phi) is 6.21. The van der Waals surface area contributed by atoms with Crippen molar-refractivity contribution in [3.05, 3.63) is 59.2 Å². The van der Waals surface area contributed by atoms with E-state index in [1.54, 1.807) is 19.1 Å². The summed E-state index contributed by atoms with van der Waals surface area (Å²) >= 11 is 0. The van der Waals surface area contributed by atoms with Gasteiger partial charge in [-0.2, -0.15) is 13.2 Å². The second-order valence-corrected chi connectivity index (χ2v) is 10.2. The summed E-state index contributed by atoms with van der Waals surface area (Å²) < 4.78 is 63.6. The number of halogens is 3. The lowest BCUT2D eigenvalue weighted by Crippen LogP contribution is -2.39. The van der Waals surface area contributed by atoms with E-state index in [4.69, 9.17) is 0 Å². The van der Waals surface area contributed by atoms with Crippen LogP contribution in [0, 0.1) is 12.8 Å². The highest BCUT2D eigenvalue weighted by Crippen LogP contribution is 2.38. The summed E-state index contributed by atoms with van der Waals surface area (Å²) in [5.74, 6) is -0.0160. The molecule has 1 atom stereocenters. The molecule has 31 heavy (non-hydrogen) atoms. The molecule has 5 nitrogen and oxygen atoms in total. The lowest BCUT2D eigenvalue weighted by atomic mass is 9.95. The van der Waals surface area contributed by atoms with E-state index >= 15 is 0 Å². The molecule has 0 heterocycles. The second-order valence-electron chi connectivity index (χ2n) is 8.19. The van der Waals surface area contributed by atoms with Crippen LogP contribution in [-0.2, 0) is 26.7 Å². The predicted molar refractivity (Wildman–Crippen MR) is 110 cm³/mol. The van der Waals surface area contributed by atoms with Crippen LogP contribution in [0.1, 0.15) is 36.5 Å². The van der Waals surface area contributed by atoms with E-state index in [1.807, 2.05) is 0 Å². The van der Waals surface area contributed by atoms with Gasteiger partial charge in [0.25, 0.3) is 0 Å². The van der Waals surface area contributed by atoms with Crippen LogP contribution in [0.4, 0.5) is 18.9 Å². The minimum atomic E-state index is -4.83. The van der Waals surface area contributed by atoms with Gasteiger partial charge in [-0.3, -0.25) is 4.79 Å². The molecule has 1 unspecified atom stereocenters. The van der Waals surface area contributed by atoms with Crippen molar-refractivity contribution < 1.29 is 31.5 Å². The van der Waals surface area contributed by atoms with E-state index in [2.05, 4.69) is 5.32 Å². The Labute approximate surface area is 179 Å². The molecule has 0 spiro atoms. The fraction of sp³-hybridized carbons (Fsp3) is 0.409. The van der Waals surface area contributed by atoms with E-state index in [-0.39, 0.29) is 34.2 Å². The predicted octanol–water partition coefficient (Wildman–Crippen LogP) is 4.13. The van der Waals surface area contributed by atoms with Crippen molar-refractivity contribution in [3.8, 4) is 0 Å². The largest absolute Gasteiger partial charge is 0.421 e. The quantitative estimate of drug-likeness (QED) is 0.658. The third-order valence-corrected chi connectivity index (χ3v) is 7.34. The van der Waals surface area contributed by atoms with E-state index in [0.29, 0.717) is 18.1 Å². The highest BCUT2D eigenvalue weighted by molar-refractivity contribution is 7.91. The van der Waals surface area contributed by atoms with Gasteiger partial charge in [-0.25, -0.2) is 8.42 Å². The Morgan fingerprint density at radius 2 is 1.74 bits per heavy atom. The number of carbonyl (C=O) groups is 1. The van der Waals surface area contributed by atoms with E-state index in [9.17, 15) is 31.5 Å². The third-order valence-electron chi connectivity index (χ3n) is 5.46. The molecule has 2 aromatic rings. The first kappa shape index (κ1) is 23.3. The number of rotatable bonds is 7. The van der Waals surface area contributed by atoms with Crippen molar-refractivity contribution >= 4 is 21.4 Å². The Bertz CT molecular complexity index is 1070. The van der Waals surface area contributed by atoms with Gasteiger partial charge in [-0.05, 0) is 73.6 Å². The molecular formula is C22H24F3NO4S. The Morgan fingerprint density at radius 1 is 1.13 bits per heavy atom. The van der Waals surface area contributed by atoms with Gasteiger partial charge in [0.15, 0.2) is 15.4 Å². The molecule has 1 saturated carbocycles. The number of benzene rings is 2. The average Bonchev–Trinajstić information content (AvgIpc) is 3.46. The molecular weight excluding hydrogens is 431 g/mol. The summed E-state index contributed by atoms with van der Waals surface area (Å²) in [6.07, 6.45) is -2.97. The minimum Gasteiger partial charge on any atom is -0.376 e. The zero-order chi connectivity index (χ0) is 23.0. The van der Waals surface area contributed by atoms with E-state index in [0.717, 1.165) is 25.0 Å². The number of anilines is 1. The lowest BCUT2D eigenvalue weighted by molar-refractivity contribution is -0.258. The molecule has 0 saturated heterocycles. The Morgan fingerprint density at radius 3 is 2.26 bits per heavy atom. The van der Waals surface area contributed by atoms with Crippen LogP contribution in [0.15, 0.2) is 47.4 Å². The third kappa shape index (κ3) is 5.46. The number of aryl methyl sites for hydroxylation is 1. The average molecular weight is 455 g/mol. The fourth-order valence-electron chi connectivity index (χ4n) is 3.17. The molecule has 0 radical (unpaired) electrons. The SMILES string of the molecule is Cc1cc(S(=O)(=O)CC2CC2)ccc1CC(=O)Nc1ccc(C(C)(O)C(F)(F)F)cc1. The standard InChI is InChI=1S/C22H24F3NO4S/c1-14-11-19(31(29,30)13-15-3-4-15)10-5-16(14)12-20(27)26-18-8-6-17(7-9-18)21(2,28)22(23,24)25/h5-11,15,28H,3-4,12-13H2,1-2H3,(H,26,27). The first-order valence-electron chi connectivity index (χ1n) is 9.81. The van der Waals surface area contributed by atoms with E-state index < -0.39 is 27.5 Å². The van der Waals surface area contributed by atoms with Gasteiger partial charge in [0.2, 0.25) is 5.91 Å². The van der Waals surface area contributed by atoms with Crippen LogP contribution in [-0.4, -0.2) is 31.4 Å². The maximum atomic E-state index is 12.9. The summed E-state index contributed by atoms with van der Waals surface area (Å²) in [7, 11) is -3.34. The summed E-state index contributed by atoms with van der Waals surface area (Å²) in [4.78, 5) is 12.6. The number of sulfone groups is 1. The Balaban J connectivity index is 1.65. The highest BCUT2D eigenvalue weighted by atomic mass is 32.2. The summed E-state index contributed by atoms with van der Waals surface area (Å²) in [6, 6.07) is 9.46. The molecule has 2 N–H and O–H groups in total. The summed E-state index contributed by atoms with van der Waals surface area (Å²) in [5.41, 5.74) is -1.72. The number of aliphatic hydroxyl groups is 1. The van der Waals surface area contributed by atoms with Crippen LogP contribution < -0.4 is 5.32 Å². The van der Waals surface area contributed by atoms with Crippen molar-refractivity contribution in [1.29, 1.82) is 0 Å². The normalized spacial score (nSPS) is 16.6. The van der Waals surface area contributed by atoms with Gasteiger partial charge in [0, 0.05) is 5.69 Å². The van der Waals surface area contributed by atoms with Crippen LogP contribution in [0.5, 0.6) is 0 Å². The number of amides is 1. The van der Waals surface area contributed by atoms with E-state index in [1.165, 1.54) is 18.2 Å². The maximum Gasteiger partial charge on any atom is 0.421 e. The van der Waals surface area contributed by atoms with Crippen molar-refractivity contribution in [2.75, 3.05) is 11.1 Å². The molecule has 1 amide bonds. The van der Waals surface area contributed by atoms with Crippen LogP contribution >= 0.6 is 0 Å². The number of nitrogens with one attached hydrogen (secondary N) is 1. The van der Waals surface area contributed by atoms with Gasteiger partial charge < -0.3 is 10.4 Å². The van der Waals surface area contributed by atoms with Crippen molar-refractivity contribution in [3.63, 3.8) is 0 Å². The molecule has 1 aliphatic carbocycles. The summed E-state index contributed by atoms with van der Waals surface area (Å²) in [5, 5.41) is 12.3. The molecule has 9 heteroatoms. The topological polar surface area (TPSA) is 83.5 Å². The maximum absolute atomic E-state index is 12.9. The smallest absolute Gasteiger partial charge is 0.376 e. The first-order valence-corrected chi connectivity index (χ1v) is 11.5. The highest BCUT2D eigenvalue weighted by Gasteiger charge is 2.51. The number of alkyl halides is 3. The van der Waals surface area contributed by atoms with Gasteiger partial charge in [0.05, 0.1) is 17.1 Å². The monoisotopic (exact) mass is 455 g/mol. The number of hydrogen-bond donors (Lipinski definition) is 2. The van der Waals surface area contributed by atoms with Crippen molar-refractivity contribution in [2.24, 2.45) is 5.92 Å². The number of hydrogen-bond acceptors (Lipinski definition) is 4. The molecule has 2 aromatic carbocycles.